The molecule has 0 spiro atoms. The Morgan fingerprint density at radius 1 is 1.11 bits per heavy atom. The van der Waals surface area contributed by atoms with Crippen molar-refractivity contribution in [1.29, 1.82) is 0 Å². The normalized spacial score (nSPS) is 22.7. The number of anilines is 1. The fraction of sp³-hybridized carbons (Fsp3) is 0.476. The molecule has 1 N–H and O–H groups in total. The maximum absolute atomic E-state index is 12.0. The highest BCUT2D eigenvalue weighted by atomic mass is 35.5. The second-order valence-electron chi connectivity index (χ2n) is 7.68. The molecule has 2 fully saturated rings. The number of hydrogen-bond acceptors (Lipinski definition) is 4. The fourth-order valence-corrected chi connectivity index (χ4v) is 4.48. The van der Waals surface area contributed by atoms with E-state index in [0.29, 0.717) is 21.7 Å². The van der Waals surface area contributed by atoms with Gasteiger partial charge in [-0.15, -0.1) is 0 Å². The quantitative estimate of drug-likeness (QED) is 0.754. The first-order valence-electron chi connectivity index (χ1n) is 9.86. The van der Waals surface area contributed by atoms with Gasteiger partial charge in [-0.2, -0.15) is 0 Å². The van der Waals surface area contributed by atoms with E-state index >= 15 is 0 Å². The summed E-state index contributed by atoms with van der Waals surface area (Å²) in [4.78, 5) is 16.8. The maximum Gasteiger partial charge on any atom is 0.287 e. The summed E-state index contributed by atoms with van der Waals surface area (Å²) in [6.07, 6.45) is 4.83. The molecule has 28 heavy (non-hydrogen) atoms. The van der Waals surface area contributed by atoms with Crippen LogP contribution in [0.25, 0.3) is 0 Å². The third-order valence-electron chi connectivity index (χ3n) is 5.81. The molecule has 4 rings (SSSR count). The second-order valence-corrected chi connectivity index (χ2v) is 8.46. The van der Waals surface area contributed by atoms with Crippen molar-refractivity contribution in [3.63, 3.8) is 0 Å². The number of carbonyl (C=O) groups is 1. The van der Waals surface area contributed by atoms with E-state index in [9.17, 15) is 4.79 Å². The van der Waals surface area contributed by atoms with E-state index in [1.54, 1.807) is 12.1 Å². The SMILES string of the molecule is O=C(N[C@H]1C[C@H](CCN2CCN(c3cccc(Cl)c3Cl)CC2)C1)c1ccco1. The first-order valence-corrected chi connectivity index (χ1v) is 10.6. The Morgan fingerprint density at radius 2 is 1.89 bits per heavy atom. The van der Waals surface area contributed by atoms with E-state index in [2.05, 4.69) is 15.1 Å². The number of halogens is 2. The van der Waals surface area contributed by atoms with Gasteiger partial charge in [0.05, 0.1) is 22.0 Å². The van der Waals surface area contributed by atoms with Crippen LogP contribution >= 0.6 is 23.2 Å². The van der Waals surface area contributed by atoms with Crippen LogP contribution in [0.1, 0.15) is 29.8 Å². The van der Waals surface area contributed by atoms with E-state index in [0.717, 1.165) is 51.3 Å². The Morgan fingerprint density at radius 3 is 2.61 bits per heavy atom. The molecule has 5 nitrogen and oxygen atoms in total. The predicted molar refractivity (Wildman–Crippen MR) is 112 cm³/mol. The highest BCUT2D eigenvalue weighted by molar-refractivity contribution is 6.43. The van der Waals surface area contributed by atoms with E-state index in [4.69, 9.17) is 27.6 Å². The summed E-state index contributed by atoms with van der Waals surface area (Å²) in [6.45, 7) is 5.11. The van der Waals surface area contributed by atoms with Gasteiger partial charge < -0.3 is 14.6 Å². The van der Waals surface area contributed by atoms with Gasteiger partial charge in [0.15, 0.2) is 5.76 Å². The van der Waals surface area contributed by atoms with Crippen LogP contribution in [0, 0.1) is 5.92 Å². The van der Waals surface area contributed by atoms with Gasteiger partial charge in [0.25, 0.3) is 5.91 Å². The number of furan rings is 1. The number of carbonyl (C=O) groups excluding carboxylic acids is 1. The summed E-state index contributed by atoms with van der Waals surface area (Å²) in [5, 5.41) is 4.30. The molecular formula is C21H25Cl2N3O2. The van der Waals surface area contributed by atoms with Crippen molar-refractivity contribution < 1.29 is 9.21 Å². The Kier molecular flexibility index (Phi) is 6.14. The number of benzene rings is 1. The topological polar surface area (TPSA) is 48.7 Å². The minimum atomic E-state index is -0.107. The van der Waals surface area contributed by atoms with Gasteiger partial charge in [0, 0.05) is 32.2 Å². The number of hydrogen-bond donors (Lipinski definition) is 1. The van der Waals surface area contributed by atoms with Gasteiger partial charge in [-0.05, 0) is 56.0 Å². The average molecular weight is 422 g/mol. The lowest BCUT2D eigenvalue weighted by Crippen LogP contribution is -2.48. The van der Waals surface area contributed by atoms with Crippen molar-refractivity contribution in [2.45, 2.75) is 25.3 Å². The minimum Gasteiger partial charge on any atom is -0.459 e. The molecule has 0 radical (unpaired) electrons. The lowest BCUT2D eigenvalue weighted by atomic mass is 9.78. The molecule has 1 aliphatic carbocycles. The summed E-state index contributed by atoms with van der Waals surface area (Å²) in [7, 11) is 0. The summed E-state index contributed by atoms with van der Waals surface area (Å²) in [6, 6.07) is 9.53. The first-order chi connectivity index (χ1) is 13.6. The molecule has 1 amide bonds. The van der Waals surface area contributed by atoms with Gasteiger partial charge >= 0.3 is 0 Å². The van der Waals surface area contributed by atoms with Crippen LogP contribution in [0.3, 0.4) is 0 Å². The monoisotopic (exact) mass is 421 g/mol. The highest BCUT2D eigenvalue weighted by Crippen LogP contribution is 2.33. The second kappa shape index (κ2) is 8.76. The molecular weight excluding hydrogens is 397 g/mol. The Labute approximate surface area is 175 Å². The van der Waals surface area contributed by atoms with Gasteiger partial charge in [-0.1, -0.05) is 29.3 Å². The zero-order valence-corrected chi connectivity index (χ0v) is 17.3. The van der Waals surface area contributed by atoms with Gasteiger partial charge in [-0.25, -0.2) is 0 Å². The summed E-state index contributed by atoms with van der Waals surface area (Å²) in [5.74, 6) is 0.979. The molecule has 0 unspecified atom stereocenters. The molecule has 1 aliphatic heterocycles. The summed E-state index contributed by atoms with van der Waals surface area (Å²) < 4.78 is 5.13. The van der Waals surface area contributed by atoms with E-state index < -0.39 is 0 Å². The Hall–Kier alpha value is -1.69. The maximum atomic E-state index is 12.0. The highest BCUT2D eigenvalue weighted by Gasteiger charge is 2.31. The first kappa shape index (κ1) is 19.6. The Balaban J connectivity index is 1.15. The molecule has 0 atom stereocenters. The molecule has 2 aliphatic rings. The van der Waals surface area contributed by atoms with Crippen LogP contribution in [0.5, 0.6) is 0 Å². The lowest BCUT2D eigenvalue weighted by Gasteiger charge is -2.39. The molecule has 2 heterocycles. The van der Waals surface area contributed by atoms with Crippen LogP contribution in [0.2, 0.25) is 10.0 Å². The number of piperazine rings is 1. The van der Waals surface area contributed by atoms with Gasteiger partial charge in [-0.3, -0.25) is 9.69 Å². The third-order valence-corrected chi connectivity index (χ3v) is 6.62. The van der Waals surface area contributed by atoms with E-state index in [1.165, 1.54) is 12.7 Å². The van der Waals surface area contributed by atoms with Crippen LogP contribution in [0.4, 0.5) is 5.69 Å². The standard InChI is InChI=1S/C21H25Cl2N3O2/c22-17-3-1-4-18(20(17)23)26-10-8-25(9-11-26)7-6-15-13-16(14-15)24-21(27)19-5-2-12-28-19/h1-5,12,15-16H,6-11,13-14H2,(H,24,27)/t15-,16-. The number of amides is 1. The van der Waals surface area contributed by atoms with Crippen LogP contribution in [-0.2, 0) is 0 Å². The third kappa shape index (κ3) is 4.48. The zero-order valence-electron chi connectivity index (χ0n) is 15.7. The molecule has 0 bridgehead atoms. The zero-order chi connectivity index (χ0) is 19.5. The Bertz CT molecular complexity index is 798. The average Bonchev–Trinajstić information content (AvgIpc) is 3.21. The molecule has 2 aromatic rings. The molecule has 1 aromatic carbocycles. The van der Waals surface area contributed by atoms with Crippen LogP contribution < -0.4 is 10.2 Å². The number of rotatable bonds is 6. The molecule has 1 aromatic heterocycles. The van der Waals surface area contributed by atoms with Crippen molar-refractivity contribution in [3.05, 3.63) is 52.4 Å². The van der Waals surface area contributed by atoms with Crippen molar-refractivity contribution in [2.75, 3.05) is 37.6 Å². The van der Waals surface area contributed by atoms with Crippen molar-refractivity contribution in [3.8, 4) is 0 Å². The van der Waals surface area contributed by atoms with Crippen LogP contribution in [-0.4, -0.2) is 49.6 Å². The molecule has 150 valence electrons. The van der Waals surface area contributed by atoms with Crippen molar-refractivity contribution in [2.24, 2.45) is 5.92 Å². The van der Waals surface area contributed by atoms with Crippen molar-refractivity contribution >= 4 is 34.8 Å². The number of nitrogens with one attached hydrogen (secondary N) is 1. The van der Waals surface area contributed by atoms with E-state index in [1.807, 2.05) is 18.2 Å². The molecule has 1 saturated carbocycles. The summed E-state index contributed by atoms with van der Waals surface area (Å²) in [5.41, 5.74) is 1.03. The van der Waals surface area contributed by atoms with Gasteiger partial charge in [0.1, 0.15) is 0 Å². The largest absolute Gasteiger partial charge is 0.459 e. The van der Waals surface area contributed by atoms with Crippen molar-refractivity contribution in [1.82, 2.24) is 10.2 Å². The van der Waals surface area contributed by atoms with Crippen LogP contribution in [0.15, 0.2) is 41.0 Å². The summed E-state index contributed by atoms with van der Waals surface area (Å²) >= 11 is 12.5. The van der Waals surface area contributed by atoms with Gasteiger partial charge in [0.2, 0.25) is 0 Å². The molecule has 7 heteroatoms. The smallest absolute Gasteiger partial charge is 0.287 e. The number of nitrogens with zero attached hydrogens (tertiary/aromatic N) is 2. The predicted octanol–water partition coefficient (Wildman–Crippen LogP) is 4.31. The molecule has 1 saturated heterocycles. The van der Waals surface area contributed by atoms with E-state index in [-0.39, 0.29) is 11.9 Å². The lowest BCUT2D eigenvalue weighted by molar-refractivity contribution is 0.0849. The minimum absolute atomic E-state index is 0.107. The fourth-order valence-electron chi connectivity index (χ4n) is 4.07.